The van der Waals surface area contributed by atoms with Gasteiger partial charge in [0.25, 0.3) is 5.91 Å². The first-order valence-electron chi connectivity index (χ1n) is 7.20. The molecule has 22 heavy (non-hydrogen) atoms. The van der Waals surface area contributed by atoms with E-state index in [2.05, 4.69) is 20.5 Å². The fourth-order valence-electron chi connectivity index (χ4n) is 2.51. The van der Waals surface area contributed by atoms with Gasteiger partial charge in [-0.05, 0) is 25.5 Å². The third kappa shape index (κ3) is 2.69. The number of aryl methyl sites for hydroxylation is 3. The second-order valence-electron chi connectivity index (χ2n) is 5.16. The standard InChI is InChI=1S/C15H18N6O/c1-11-14-13(20(2)19-11)10-18-21(14)8-4-7-17-15(22)12-5-3-6-16-9-12/h3,5-6,9-10H,4,7-8H2,1-2H3,(H,17,22). The van der Waals surface area contributed by atoms with Crippen molar-refractivity contribution in [3.63, 3.8) is 0 Å². The summed E-state index contributed by atoms with van der Waals surface area (Å²) >= 11 is 0. The average Bonchev–Trinajstić information content (AvgIpc) is 3.07. The van der Waals surface area contributed by atoms with Gasteiger partial charge in [-0.15, -0.1) is 0 Å². The molecule has 0 aliphatic carbocycles. The van der Waals surface area contributed by atoms with Crippen molar-refractivity contribution in [1.82, 2.24) is 29.9 Å². The van der Waals surface area contributed by atoms with E-state index < -0.39 is 0 Å². The molecule has 0 bridgehead atoms. The normalized spacial score (nSPS) is 11.0. The first-order chi connectivity index (χ1) is 10.7. The molecule has 0 aliphatic heterocycles. The van der Waals surface area contributed by atoms with Crippen LogP contribution in [0.4, 0.5) is 0 Å². The highest BCUT2D eigenvalue weighted by atomic mass is 16.1. The highest BCUT2D eigenvalue weighted by Gasteiger charge is 2.11. The van der Waals surface area contributed by atoms with Crippen molar-refractivity contribution < 1.29 is 4.79 Å². The van der Waals surface area contributed by atoms with Crippen molar-refractivity contribution >= 4 is 16.9 Å². The zero-order valence-corrected chi connectivity index (χ0v) is 12.7. The summed E-state index contributed by atoms with van der Waals surface area (Å²) in [4.78, 5) is 15.8. The van der Waals surface area contributed by atoms with Crippen LogP contribution in [0.3, 0.4) is 0 Å². The largest absolute Gasteiger partial charge is 0.352 e. The van der Waals surface area contributed by atoms with Crippen LogP contribution in [-0.4, -0.2) is 37.0 Å². The highest BCUT2D eigenvalue weighted by Crippen LogP contribution is 2.16. The van der Waals surface area contributed by atoms with Crippen LogP contribution in [0.1, 0.15) is 22.5 Å². The third-order valence-corrected chi connectivity index (χ3v) is 3.57. The van der Waals surface area contributed by atoms with Crippen LogP contribution in [0.2, 0.25) is 0 Å². The summed E-state index contributed by atoms with van der Waals surface area (Å²) in [5.74, 6) is -0.101. The van der Waals surface area contributed by atoms with Gasteiger partial charge in [0.05, 0.1) is 17.5 Å². The van der Waals surface area contributed by atoms with Gasteiger partial charge in [0.2, 0.25) is 0 Å². The van der Waals surface area contributed by atoms with Crippen LogP contribution in [0.5, 0.6) is 0 Å². The number of aromatic nitrogens is 5. The Hall–Kier alpha value is -2.70. The van der Waals surface area contributed by atoms with Crippen molar-refractivity contribution in [3.05, 3.63) is 42.0 Å². The smallest absolute Gasteiger partial charge is 0.252 e. The molecule has 0 unspecified atom stereocenters. The topological polar surface area (TPSA) is 77.6 Å². The van der Waals surface area contributed by atoms with Crippen molar-refractivity contribution in [1.29, 1.82) is 0 Å². The van der Waals surface area contributed by atoms with Gasteiger partial charge >= 0.3 is 0 Å². The van der Waals surface area contributed by atoms with E-state index in [0.717, 1.165) is 29.7 Å². The van der Waals surface area contributed by atoms with Crippen molar-refractivity contribution in [2.24, 2.45) is 7.05 Å². The van der Waals surface area contributed by atoms with Crippen LogP contribution >= 0.6 is 0 Å². The minimum absolute atomic E-state index is 0.101. The van der Waals surface area contributed by atoms with Crippen LogP contribution in [-0.2, 0) is 13.6 Å². The van der Waals surface area contributed by atoms with Crippen LogP contribution in [0.25, 0.3) is 11.0 Å². The zero-order chi connectivity index (χ0) is 15.5. The maximum absolute atomic E-state index is 11.9. The highest BCUT2D eigenvalue weighted by molar-refractivity contribution is 5.93. The molecule has 7 heteroatoms. The van der Waals surface area contributed by atoms with E-state index in [4.69, 9.17) is 0 Å². The molecule has 3 rings (SSSR count). The summed E-state index contributed by atoms with van der Waals surface area (Å²) in [6, 6.07) is 3.50. The third-order valence-electron chi connectivity index (χ3n) is 3.57. The van der Waals surface area contributed by atoms with Crippen LogP contribution in [0, 0.1) is 6.92 Å². The van der Waals surface area contributed by atoms with Gasteiger partial charge in [0.1, 0.15) is 11.0 Å². The predicted molar refractivity (Wildman–Crippen MR) is 82.4 cm³/mol. The van der Waals surface area contributed by atoms with E-state index >= 15 is 0 Å². The number of rotatable bonds is 5. The van der Waals surface area contributed by atoms with Crippen LogP contribution < -0.4 is 5.32 Å². The number of carbonyl (C=O) groups is 1. The minimum atomic E-state index is -0.101. The summed E-state index contributed by atoms with van der Waals surface area (Å²) in [5, 5.41) is 11.7. The van der Waals surface area contributed by atoms with Crippen molar-refractivity contribution in [3.8, 4) is 0 Å². The quantitative estimate of drug-likeness (QED) is 0.720. The molecule has 0 aliphatic rings. The number of amides is 1. The average molecular weight is 298 g/mol. The van der Waals surface area contributed by atoms with Gasteiger partial charge in [-0.1, -0.05) is 0 Å². The fourth-order valence-corrected chi connectivity index (χ4v) is 2.51. The maximum atomic E-state index is 11.9. The lowest BCUT2D eigenvalue weighted by molar-refractivity contribution is 0.0952. The number of carbonyl (C=O) groups excluding carboxylic acids is 1. The van der Waals surface area contributed by atoms with Crippen molar-refractivity contribution in [2.75, 3.05) is 6.54 Å². The summed E-state index contributed by atoms with van der Waals surface area (Å²) in [6.45, 7) is 3.31. The second-order valence-corrected chi connectivity index (χ2v) is 5.16. The second kappa shape index (κ2) is 5.97. The molecule has 0 fully saturated rings. The van der Waals surface area contributed by atoms with Crippen molar-refractivity contribution in [2.45, 2.75) is 19.9 Å². The zero-order valence-electron chi connectivity index (χ0n) is 12.7. The first-order valence-corrected chi connectivity index (χ1v) is 7.20. The number of fused-ring (bicyclic) bond motifs is 1. The lowest BCUT2D eigenvalue weighted by Crippen LogP contribution is -2.25. The van der Waals surface area contributed by atoms with E-state index in [0.29, 0.717) is 12.1 Å². The van der Waals surface area contributed by atoms with Crippen LogP contribution in [0.15, 0.2) is 30.7 Å². The van der Waals surface area contributed by atoms with E-state index in [-0.39, 0.29) is 5.91 Å². The molecular weight excluding hydrogens is 280 g/mol. The molecule has 0 aromatic carbocycles. The molecule has 3 heterocycles. The van der Waals surface area contributed by atoms with E-state index in [1.54, 1.807) is 24.5 Å². The van der Waals surface area contributed by atoms with Gasteiger partial charge in [0, 0.05) is 32.5 Å². The molecule has 3 aromatic rings. The van der Waals surface area contributed by atoms with Gasteiger partial charge in [-0.3, -0.25) is 19.1 Å². The molecule has 0 saturated heterocycles. The number of nitrogens with zero attached hydrogens (tertiary/aromatic N) is 5. The molecule has 0 spiro atoms. The van der Waals surface area contributed by atoms with E-state index in [1.807, 2.05) is 29.5 Å². The molecule has 3 aromatic heterocycles. The number of hydrogen-bond donors (Lipinski definition) is 1. The fraction of sp³-hybridized carbons (Fsp3) is 0.333. The lowest BCUT2D eigenvalue weighted by Gasteiger charge is -2.06. The summed E-state index contributed by atoms with van der Waals surface area (Å²) < 4.78 is 3.77. The Bertz CT molecular complexity index is 789. The Balaban J connectivity index is 1.56. The molecule has 0 radical (unpaired) electrons. The molecule has 114 valence electrons. The Morgan fingerprint density at radius 2 is 2.23 bits per heavy atom. The van der Waals surface area contributed by atoms with E-state index in [1.165, 1.54) is 0 Å². The number of nitrogens with one attached hydrogen (secondary N) is 1. The van der Waals surface area contributed by atoms with Gasteiger partial charge in [-0.25, -0.2) is 0 Å². The lowest BCUT2D eigenvalue weighted by atomic mass is 10.2. The summed E-state index contributed by atoms with van der Waals surface area (Å²) in [5.41, 5.74) is 3.62. The minimum Gasteiger partial charge on any atom is -0.352 e. The molecular formula is C15H18N6O. The summed E-state index contributed by atoms with van der Waals surface area (Å²) in [7, 11) is 1.91. The van der Waals surface area contributed by atoms with Gasteiger partial charge in [-0.2, -0.15) is 10.2 Å². The predicted octanol–water partition coefficient (Wildman–Crippen LogP) is 1.29. The molecule has 1 amide bonds. The molecule has 7 nitrogen and oxygen atoms in total. The Morgan fingerprint density at radius 3 is 3.00 bits per heavy atom. The SMILES string of the molecule is Cc1nn(C)c2cnn(CCCNC(=O)c3cccnc3)c12. The maximum Gasteiger partial charge on any atom is 0.252 e. The Kier molecular flexibility index (Phi) is 3.86. The van der Waals surface area contributed by atoms with Gasteiger partial charge in [0.15, 0.2) is 0 Å². The Morgan fingerprint density at radius 1 is 1.36 bits per heavy atom. The summed E-state index contributed by atoms with van der Waals surface area (Å²) in [6.07, 6.45) is 5.84. The number of hydrogen-bond acceptors (Lipinski definition) is 4. The number of pyridine rings is 1. The molecule has 0 atom stereocenters. The molecule has 1 N–H and O–H groups in total. The first kappa shape index (κ1) is 14.2. The van der Waals surface area contributed by atoms with E-state index in [9.17, 15) is 4.79 Å². The monoisotopic (exact) mass is 298 g/mol. The van der Waals surface area contributed by atoms with Gasteiger partial charge < -0.3 is 5.32 Å². The molecule has 0 saturated carbocycles. The Labute approximate surface area is 128 Å².